The molecular formula is C10H21N3O2. The van der Waals surface area contributed by atoms with Crippen LogP contribution in [0.3, 0.4) is 0 Å². The molecule has 15 heavy (non-hydrogen) atoms. The molecule has 3 unspecified atom stereocenters. The number of carbonyl (C=O) groups excluding carboxylic acids is 1. The van der Waals surface area contributed by atoms with E-state index in [1.54, 1.807) is 0 Å². The SMILES string of the molecule is CCC1COC(C)CN1CC(N)C(N)=O. The number of amides is 1. The van der Waals surface area contributed by atoms with E-state index < -0.39 is 11.9 Å². The van der Waals surface area contributed by atoms with Gasteiger partial charge in [-0.05, 0) is 13.3 Å². The number of hydrogen-bond donors (Lipinski definition) is 2. The summed E-state index contributed by atoms with van der Waals surface area (Å²) in [5.41, 5.74) is 10.8. The van der Waals surface area contributed by atoms with Crippen molar-refractivity contribution in [3.63, 3.8) is 0 Å². The van der Waals surface area contributed by atoms with Crippen LogP contribution in [0.5, 0.6) is 0 Å². The lowest BCUT2D eigenvalue weighted by Crippen LogP contribution is -2.55. The van der Waals surface area contributed by atoms with E-state index in [9.17, 15) is 4.79 Å². The van der Waals surface area contributed by atoms with Gasteiger partial charge < -0.3 is 16.2 Å². The largest absolute Gasteiger partial charge is 0.376 e. The molecule has 0 radical (unpaired) electrons. The summed E-state index contributed by atoms with van der Waals surface area (Å²) in [4.78, 5) is 13.1. The van der Waals surface area contributed by atoms with E-state index in [-0.39, 0.29) is 6.10 Å². The summed E-state index contributed by atoms with van der Waals surface area (Å²) in [6.45, 7) is 6.19. The molecule has 1 saturated heterocycles. The fourth-order valence-corrected chi connectivity index (χ4v) is 1.86. The van der Waals surface area contributed by atoms with Crippen molar-refractivity contribution in [3.8, 4) is 0 Å². The fourth-order valence-electron chi connectivity index (χ4n) is 1.86. The van der Waals surface area contributed by atoms with Crippen LogP contribution in [0.15, 0.2) is 0 Å². The Kier molecular flexibility index (Phi) is 4.50. The van der Waals surface area contributed by atoms with Crippen molar-refractivity contribution in [1.29, 1.82) is 0 Å². The van der Waals surface area contributed by atoms with Crippen molar-refractivity contribution >= 4 is 5.91 Å². The van der Waals surface area contributed by atoms with Crippen molar-refractivity contribution in [2.45, 2.75) is 38.5 Å². The van der Waals surface area contributed by atoms with E-state index in [1.807, 2.05) is 6.92 Å². The molecule has 1 amide bonds. The van der Waals surface area contributed by atoms with Crippen LogP contribution in [0.25, 0.3) is 0 Å². The molecule has 5 nitrogen and oxygen atoms in total. The molecule has 5 heteroatoms. The van der Waals surface area contributed by atoms with Crippen LogP contribution in [-0.2, 0) is 9.53 Å². The Hall–Kier alpha value is -0.650. The van der Waals surface area contributed by atoms with E-state index in [1.165, 1.54) is 0 Å². The quantitative estimate of drug-likeness (QED) is 0.649. The Morgan fingerprint density at radius 2 is 2.33 bits per heavy atom. The Balaban J connectivity index is 2.51. The molecule has 88 valence electrons. The number of nitrogens with two attached hydrogens (primary N) is 2. The monoisotopic (exact) mass is 215 g/mol. The first-order chi connectivity index (χ1) is 7.04. The third-order valence-electron chi connectivity index (χ3n) is 2.85. The number of ether oxygens (including phenoxy) is 1. The van der Waals surface area contributed by atoms with Gasteiger partial charge in [0.15, 0.2) is 0 Å². The van der Waals surface area contributed by atoms with Crippen LogP contribution >= 0.6 is 0 Å². The summed E-state index contributed by atoms with van der Waals surface area (Å²) in [5, 5.41) is 0. The van der Waals surface area contributed by atoms with E-state index in [0.29, 0.717) is 19.2 Å². The first-order valence-corrected chi connectivity index (χ1v) is 5.45. The number of rotatable bonds is 4. The summed E-state index contributed by atoms with van der Waals surface area (Å²) in [5.74, 6) is -0.441. The summed E-state index contributed by atoms with van der Waals surface area (Å²) in [6, 6.07) is -0.226. The number of morpholine rings is 1. The number of nitrogens with zero attached hydrogens (tertiary/aromatic N) is 1. The molecule has 0 aromatic rings. The van der Waals surface area contributed by atoms with Gasteiger partial charge in [-0.15, -0.1) is 0 Å². The molecule has 0 saturated carbocycles. The Labute approximate surface area is 90.7 Å². The van der Waals surface area contributed by atoms with Crippen molar-refractivity contribution in [3.05, 3.63) is 0 Å². The van der Waals surface area contributed by atoms with Crippen molar-refractivity contribution in [2.75, 3.05) is 19.7 Å². The molecule has 1 heterocycles. The molecule has 0 aromatic carbocycles. The number of primary amides is 1. The zero-order valence-corrected chi connectivity index (χ0v) is 9.48. The minimum Gasteiger partial charge on any atom is -0.376 e. The van der Waals surface area contributed by atoms with Gasteiger partial charge in [-0.3, -0.25) is 9.69 Å². The fraction of sp³-hybridized carbons (Fsp3) is 0.900. The highest BCUT2D eigenvalue weighted by Gasteiger charge is 2.27. The number of hydrogen-bond acceptors (Lipinski definition) is 4. The lowest BCUT2D eigenvalue weighted by atomic mass is 10.1. The molecule has 3 atom stereocenters. The van der Waals surface area contributed by atoms with Crippen LogP contribution < -0.4 is 11.5 Å². The maximum absolute atomic E-state index is 10.9. The lowest BCUT2D eigenvalue weighted by molar-refractivity contribution is -0.121. The molecule has 1 rings (SSSR count). The van der Waals surface area contributed by atoms with Gasteiger partial charge in [0.25, 0.3) is 0 Å². The van der Waals surface area contributed by atoms with Gasteiger partial charge in [0, 0.05) is 19.1 Å². The molecule has 1 aliphatic rings. The maximum Gasteiger partial charge on any atom is 0.235 e. The van der Waals surface area contributed by atoms with Gasteiger partial charge in [0.2, 0.25) is 5.91 Å². The molecular weight excluding hydrogens is 194 g/mol. The normalized spacial score (nSPS) is 30.1. The summed E-state index contributed by atoms with van der Waals surface area (Å²) in [6.07, 6.45) is 1.20. The zero-order valence-electron chi connectivity index (χ0n) is 9.48. The van der Waals surface area contributed by atoms with Gasteiger partial charge in [-0.2, -0.15) is 0 Å². The highest BCUT2D eigenvalue weighted by molar-refractivity contribution is 5.79. The summed E-state index contributed by atoms with van der Waals surface area (Å²) >= 11 is 0. The third-order valence-corrected chi connectivity index (χ3v) is 2.85. The van der Waals surface area contributed by atoms with E-state index in [0.717, 1.165) is 13.0 Å². The Morgan fingerprint density at radius 3 is 2.87 bits per heavy atom. The van der Waals surface area contributed by atoms with Crippen LogP contribution in [-0.4, -0.2) is 48.7 Å². The molecule has 0 aliphatic carbocycles. The van der Waals surface area contributed by atoms with Crippen molar-refractivity contribution in [2.24, 2.45) is 11.5 Å². The smallest absolute Gasteiger partial charge is 0.235 e. The van der Waals surface area contributed by atoms with Gasteiger partial charge in [0.1, 0.15) is 0 Å². The number of carbonyl (C=O) groups is 1. The van der Waals surface area contributed by atoms with Crippen LogP contribution in [0.4, 0.5) is 0 Å². The highest BCUT2D eigenvalue weighted by atomic mass is 16.5. The Bertz CT molecular complexity index is 223. The highest BCUT2D eigenvalue weighted by Crippen LogP contribution is 2.14. The topological polar surface area (TPSA) is 81.6 Å². The average molecular weight is 215 g/mol. The van der Waals surface area contributed by atoms with Gasteiger partial charge in [-0.25, -0.2) is 0 Å². The minimum atomic E-state index is -0.579. The summed E-state index contributed by atoms with van der Waals surface area (Å²) < 4.78 is 5.55. The summed E-state index contributed by atoms with van der Waals surface area (Å²) in [7, 11) is 0. The second-order valence-electron chi connectivity index (χ2n) is 4.17. The molecule has 0 aromatic heterocycles. The second kappa shape index (κ2) is 5.44. The van der Waals surface area contributed by atoms with Crippen molar-refractivity contribution in [1.82, 2.24) is 4.90 Å². The third kappa shape index (κ3) is 3.44. The maximum atomic E-state index is 10.9. The lowest BCUT2D eigenvalue weighted by Gasteiger charge is -2.39. The predicted molar refractivity (Wildman–Crippen MR) is 58.2 cm³/mol. The molecule has 4 N–H and O–H groups in total. The molecule has 1 fully saturated rings. The molecule has 0 spiro atoms. The van der Waals surface area contributed by atoms with Gasteiger partial charge in [-0.1, -0.05) is 6.92 Å². The standard InChI is InChI=1S/C10H21N3O2/c1-3-8-6-15-7(2)4-13(8)5-9(11)10(12)14/h7-9H,3-6,11H2,1-2H3,(H2,12,14). The van der Waals surface area contributed by atoms with E-state index in [2.05, 4.69) is 11.8 Å². The van der Waals surface area contributed by atoms with Crippen molar-refractivity contribution < 1.29 is 9.53 Å². The zero-order chi connectivity index (χ0) is 11.4. The van der Waals surface area contributed by atoms with Gasteiger partial charge >= 0.3 is 0 Å². The average Bonchev–Trinajstić information content (AvgIpc) is 2.18. The van der Waals surface area contributed by atoms with Crippen LogP contribution in [0, 0.1) is 0 Å². The van der Waals surface area contributed by atoms with Crippen LogP contribution in [0.1, 0.15) is 20.3 Å². The minimum absolute atomic E-state index is 0.202. The molecule has 0 bridgehead atoms. The van der Waals surface area contributed by atoms with Gasteiger partial charge in [0.05, 0.1) is 18.8 Å². The second-order valence-corrected chi connectivity index (χ2v) is 4.17. The predicted octanol–water partition coefficient (Wildman–Crippen LogP) is -0.702. The first kappa shape index (κ1) is 12.4. The Morgan fingerprint density at radius 1 is 1.67 bits per heavy atom. The van der Waals surface area contributed by atoms with E-state index in [4.69, 9.17) is 16.2 Å². The molecule has 1 aliphatic heterocycles. The first-order valence-electron chi connectivity index (χ1n) is 5.45. The van der Waals surface area contributed by atoms with Crippen LogP contribution in [0.2, 0.25) is 0 Å². The van der Waals surface area contributed by atoms with E-state index >= 15 is 0 Å².